The molecule has 9 nitrogen and oxygen atoms in total. The van der Waals surface area contributed by atoms with E-state index in [0.717, 1.165) is 0 Å². The lowest BCUT2D eigenvalue weighted by atomic mass is 9.71. The van der Waals surface area contributed by atoms with Crippen molar-refractivity contribution in [3.63, 3.8) is 0 Å². The number of hydrogen-bond acceptors (Lipinski definition) is 5. The number of nitrogens with zero attached hydrogens (tertiary/aromatic N) is 4. The number of carbonyl (C=O) groups is 2. The summed E-state index contributed by atoms with van der Waals surface area (Å²) in [5, 5.41) is 13.0. The molecule has 2 aliphatic heterocycles. The molecule has 0 spiro atoms. The number of aromatic nitrogens is 3. The first-order valence-electron chi connectivity index (χ1n) is 10.7. The molecule has 2 atom stereocenters. The third-order valence-electron chi connectivity index (χ3n) is 6.63. The summed E-state index contributed by atoms with van der Waals surface area (Å²) in [7, 11) is 0. The number of urea groups is 1. The Morgan fingerprint density at radius 1 is 1.12 bits per heavy atom. The number of likely N-dealkylation sites (tertiary alicyclic amines) is 2. The SMILES string of the molecule is C[C@@]12CN(C(=O)/C=C/c3ccc(OC(F)(F)F)cc3)C[C@]1(C)CN(C(=O)NCc1cn[nH]n1)C2. The number of nitrogens with one attached hydrogen (secondary N) is 2. The van der Waals surface area contributed by atoms with Crippen molar-refractivity contribution < 1.29 is 27.5 Å². The molecule has 2 N–H and O–H groups in total. The fraction of sp³-hybridized carbons (Fsp3) is 0.455. The minimum atomic E-state index is -4.75. The first kappa shape index (κ1) is 23.6. The van der Waals surface area contributed by atoms with Crippen LogP contribution < -0.4 is 10.1 Å². The number of ether oxygens (including phenoxy) is 1. The fourth-order valence-corrected chi connectivity index (χ4v) is 4.60. The van der Waals surface area contributed by atoms with Crippen LogP contribution in [0.2, 0.25) is 0 Å². The van der Waals surface area contributed by atoms with Gasteiger partial charge in [0.25, 0.3) is 0 Å². The van der Waals surface area contributed by atoms with Gasteiger partial charge in [0.05, 0.1) is 12.7 Å². The van der Waals surface area contributed by atoms with E-state index in [4.69, 9.17) is 0 Å². The summed E-state index contributed by atoms with van der Waals surface area (Å²) < 4.78 is 40.7. The van der Waals surface area contributed by atoms with Crippen LogP contribution in [0.3, 0.4) is 0 Å². The minimum Gasteiger partial charge on any atom is -0.406 e. The molecule has 2 aliphatic rings. The zero-order chi connectivity index (χ0) is 24.6. The molecule has 0 unspecified atom stereocenters. The Kier molecular flexibility index (Phi) is 6.00. The average molecular weight is 478 g/mol. The van der Waals surface area contributed by atoms with Crippen LogP contribution in [0.5, 0.6) is 5.75 Å². The molecule has 1 aromatic heterocycles. The van der Waals surface area contributed by atoms with Crippen molar-refractivity contribution in [1.29, 1.82) is 0 Å². The summed E-state index contributed by atoms with van der Waals surface area (Å²) in [6, 6.07) is 5.10. The number of fused-ring (bicyclic) bond motifs is 1. The first-order valence-corrected chi connectivity index (χ1v) is 10.7. The van der Waals surface area contributed by atoms with Gasteiger partial charge in [0, 0.05) is 43.1 Å². The Hall–Kier alpha value is -3.57. The normalized spacial score (nSPS) is 24.5. The van der Waals surface area contributed by atoms with Crippen LogP contribution in [0.25, 0.3) is 6.08 Å². The Bertz CT molecular complexity index is 1050. The predicted molar refractivity (Wildman–Crippen MR) is 115 cm³/mol. The lowest BCUT2D eigenvalue weighted by Gasteiger charge is -2.29. The van der Waals surface area contributed by atoms with Gasteiger partial charge in [0.2, 0.25) is 5.91 Å². The van der Waals surface area contributed by atoms with E-state index in [1.165, 1.54) is 30.3 Å². The van der Waals surface area contributed by atoms with E-state index >= 15 is 0 Å². The smallest absolute Gasteiger partial charge is 0.406 e. The van der Waals surface area contributed by atoms with Gasteiger partial charge in [-0.2, -0.15) is 15.4 Å². The van der Waals surface area contributed by atoms with E-state index in [1.807, 2.05) is 0 Å². The molecular weight excluding hydrogens is 453 g/mol. The third kappa shape index (κ3) is 5.00. The molecule has 4 rings (SSSR count). The Morgan fingerprint density at radius 3 is 2.29 bits per heavy atom. The van der Waals surface area contributed by atoms with Crippen molar-refractivity contribution in [2.45, 2.75) is 26.8 Å². The average Bonchev–Trinajstić information content (AvgIpc) is 3.42. The molecule has 2 fully saturated rings. The summed E-state index contributed by atoms with van der Waals surface area (Å²) >= 11 is 0. The summed E-state index contributed by atoms with van der Waals surface area (Å²) in [4.78, 5) is 28.9. The molecule has 12 heteroatoms. The highest BCUT2D eigenvalue weighted by molar-refractivity contribution is 5.92. The van der Waals surface area contributed by atoms with E-state index in [2.05, 4.69) is 39.3 Å². The molecule has 2 aromatic rings. The molecule has 0 saturated carbocycles. The topological polar surface area (TPSA) is 103 Å². The zero-order valence-electron chi connectivity index (χ0n) is 18.7. The first-order chi connectivity index (χ1) is 16.0. The number of aromatic amines is 1. The van der Waals surface area contributed by atoms with Gasteiger partial charge in [-0.05, 0) is 23.8 Å². The van der Waals surface area contributed by atoms with Gasteiger partial charge in [-0.25, -0.2) is 4.79 Å². The fourth-order valence-electron chi connectivity index (χ4n) is 4.60. The number of H-pyrrole nitrogens is 1. The lowest BCUT2D eigenvalue weighted by Crippen LogP contribution is -2.42. The second-order valence-electron chi connectivity index (χ2n) is 9.24. The van der Waals surface area contributed by atoms with E-state index < -0.39 is 6.36 Å². The van der Waals surface area contributed by atoms with Crippen LogP contribution >= 0.6 is 0 Å². The number of benzene rings is 1. The Labute approximate surface area is 193 Å². The monoisotopic (exact) mass is 478 g/mol. The summed E-state index contributed by atoms with van der Waals surface area (Å²) in [5.41, 5.74) is 0.683. The quantitative estimate of drug-likeness (QED) is 0.644. The highest BCUT2D eigenvalue weighted by Gasteiger charge is 2.59. The molecule has 182 valence electrons. The maximum atomic E-state index is 12.8. The second kappa shape index (κ2) is 8.65. The number of amides is 3. The molecule has 3 heterocycles. The highest BCUT2D eigenvalue weighted by atomic mass is 19.4. The van der Waals surface area contributed by atoms with Crippen molar-refractivity contribution in [1.82, 2.24) is 30.5 Å². The van der Waals surface area contributed by atoms with Gasteiger partial charge in [-0.1, -0.05) is 26.0 Å². The Morgan fingerprint density at radius 2 is 1.74 bits per heavy atom. The van der Waals surface area contributed by atoms with Crippen LogP contribution in [0.1, 0.15) is 25.1 Å². The van der Waals surface area contributed by atoms with Gasteiger partial charge < -0.3 is 19.9 Å². The van der Waals surface area contributed by atoms with Crippen LogP contribution in [-0.4, -0.2) is 69.7 Å². The highest BCUT2D eigenvalue weighted by Crippen LogP contribution is 2.51. The van der Waals surface area contributed by atoms with Gasteiger partial charge in [-0.3, -0.25) is 4.79 Å². The zero-order valence-corrected chi connectivity index (χ0v) is 18.7. The molecule has 0 radical (unpaired) electrons. The Balaban J connectivity index is 1.32. The number of alkyl halides is 3. The molecular formula is C22H25F3N6O3. The molecule has 34 heavy (non-hydrogen) atoms. The van der Waals surface area contributed by atoms with Gasteiger partial charge >= 0.3 is 12.4 Å². The van der Waals surface area contributed by atoms with Crippen LogP contribution in [0, 0.1) is 10.8 Å². The minimum absolute atomic E-state index is 0.185. The van der Waals surface area contributed by atoms with Crippen LogP contribution in [-0.2, 0) is 11.3 Å². The summed E-state index contributed by atoms with van der Waals surface area (Å²) in [6.45, 7) is 6.46. The molecule has 1 aromatic carbocycles. The van der Waals surface area contributed by atoms with Crippen molar-refractivity contribution in [2.75, 3.05) is 26.2 Å². The standard InChI is InChI=1S/C22H25F3N6O3/c1-20-11-30(18(32)8-5-15-3-6-17(7-4-15)34-22(23,24)25)12-21(20,2)14-31(13-20)19(33)26-9-16-10-27-29-28-16/h3-8,10H,9,11-14H2,1-2H3,(H,26,33)(H,27,28,29)/b8-5+/t20-,21+. The predicted octanol–water partition coefficient (Wildman–Crippen LogP) is 2.80. The van der Waals surface area contributed by atoms with Crippen LogP contribution in [0.4, 0.5) is 18.0 Å². The molecule has 0 bridgehead atoms. The van der Waals surface area contributed by atoms with Gasteiger partial charge in [0.15, 0.2) is 0 Å². The lowest BCUT2D eigenvalue weighted by molar-refractivity contribution is -0.274. The third-order valence-corrected chi connectivity index (χ3v) is 6.63. The van der Waals surface area contributed by atoms with E-state index in [-0.39, 0.29) is 35.1 Å². The van der Waals surface area contributed by atoms with E-state index in [0.29, 0.717) is 37.4 Å². The molecule has 3 amide bonds. The van der Waals surface area contributed by atoms with Crippen molar-refractivity contribution in [3.05, 3.63) is 47.8 Å². The van der Waals surface area contributed by atoms with Crippen molar-refractivity contribution in [2.24, 2.45) is 10.8 Å². The maximum Gasteiger partial charge on any atom is 0.573 e. The summed E-state index contributed by atoms with van der Waals surface area (Å²) in [6.07, 6.45) is -0.234. The number of rotatable bonds is 5. The largest absolute Gasteiger partial charge is 0.573 e. The van der Waals surface area contributed by atoms with Crippen LogP contribution in [0.15, 0.2) is 36.5 Å². The van der Waals surface area contributed by atoms with Gasteiger partial charge in [0.1, 0.15) is 11.4 Å². The number of halogens is 3. The summed E-state index contributed by atoms with van der Waals surface area (Å²) in [5.74, 6) is -0.506. The maximum absolute atomic E-state index is 12.8. The molecule has 2 saturated heterocycles. The van der Waals surface area contributed by atoms with Crippen molar-refractivity contribution >= 4 is 18.0 Å². The van der Waals surface area contributed by atoms with E-state index in [1.54, 1.807) is 22.1 Å². The van der Waals surface area contributed by atoms with Gasteiger partial charge in [-0.15, -0.1) is 13.2 Å². The van der Waals surface area contributed by atoms with Crippen molar-refractivity contribution in [3.8, 4) is 5.75 Å². The second-order valence-corrected chi connectivity index (χ2v) is 9.24. The molecule has 0 aliphatic carbocycles. The van der Waals surface area contributed by atoms with E-state index in [9.17, 15) is 22.8 Å². The number of hydrogen-bond donors (Lipinski definition) is 2. The number of carbonyl (C=O) groups excluding carboxylic acids is 2.